The second-order valence-corrected chi connectivity index (χ2v) is 9.70. The molecule has 1 aromatic carbocycles. The van der Waals surface area contributed by atoms with E-state index in [0.29, 0.717) is 12.2 Å². The number of esters is 1. The van der Waals surface area contributed by atoms with Gasteiger partial charge in [-0.25, -0.2) is 0 Å². The third-order valence-corrected chi connectivity index (χ3v) is 6.29. The number of rotatable bonds is 10. The molecular weight excluding hydrogens is 508 g/mol. The Labute approximate surface area is 216 Å². The molecule has 2 aromatic rings. The van der Waals surface area contributed by atoms with Crippen LogP contribution in [-0.2, 0) is 19.1 Å². The molecule has 6 N–H and O–H groups in total. The molecule has 0 radical (unpaired) electrons. The topological polar surface area (TPSA) is 213 Å². The molecule has 2 heterocycles. The monoisotopic (exact) mass is 540 g/mol. The first kappa shape index (κ1) is 29.3. The lowest BCUT2D eigenvalue weighted by molar-refractivity contribution is -0.278. The van der Waals surface area contributed by atoms with Crippen LogP contribution in [0.4, 0.5) is 0 Å². The van der Waals surface area contributed by atoms with Gasteiger partial charge in [0, 0.05) is 24.1 Å². The number of carbonyl (C=O) groups excluding carboxylic acids is 1. The van der Waals surface area contributed by atoms with E-state index in [4.69, 9.17) is 23.7 Å². The van der Waals surface area contributed by atoms with Crippen LogP contribution >= 0.6 is 0 Å². The van der Waals surface area contributed by atoms with Crippen molar-refractivity contribution in [3.63, 3.8) is 0 Å². The fourth-order valence-electron chi connectivity index (χ4n) is 3.99. The van der Waals surface area contributed by atoms with E-state index in [-0.39, 0.29) is 22.6 Å². The smallest absolute Gasteiger partial charge is 0.308 e. The molecule has 0 amide bonds. The zero-order valence-electron chi connectivity index (χ0n) is 21.1. The minimum atomic E-state index is -1.88. The van der Waals surface area contributed by atoms with Crippen LogP contribution in [0.5, 0.6) is 11.5 Å². The van der Waals surface area contributed by atoms with E-state index in [0.717, 1.165) is 13.0 Å². The number of carboxylic acids is 1. The maximum Gasteiger partial charge on any atom is 0.308 e. The van der Waals surface area contributed by atoms with Crippen LogP contribution in [0.1, 0.15) is 51.7 Å². The molecule has 1 unspecified atom stereocenters. The summed E-state index contributed by atoms with van der Waals surface area (Å²) in [4.78, 5) is 35.4. The molecule has 13 heteroatoms. The second kappa shape index (κ2) is 11.7. The Balaban J connectivity index is 1.76. The molecule has 0 spiro atoms. The zero-order chi connectivity index (χ0) is 28.4. The molecule has 13 nitrogen and oxygen atoms in total. The lowest BCUT2D eigenvalue weighted by Gasteiger charge is -2.40. The first-order chi connectivity index (χ1) is 17.7. The third-order valence-electron chi connectivity index (χ3n) is 6.29. The SMILES string of the molecule is CCC(C)c1cc(=O)c2c(O)cc(O[C@@H]3O[C@H](COC(=O)C[C@@](C)(O)CC(=O)O)[C@@H](O)[C@H](O)[C@H]3O)cc2o1. The molecule has 1 aliphatic rings. The molecule has 0 saturated carbocycles. The van der Waals surface area contributed by atoms with Gasteiger partial charge in [0.2, 0.25) is 6.29 Å². The standard InChI is InChI=1S/C25H32O13/c1-4-11(2)15-7-14(27)20-13(26)5-12(6-16(20)37-15)36-24-23(33)22(32)21(31)17(38-24)10-35-19(30)9-25(3,34)8-18(28)29/h5-7,11,17,21-24,26,31-34H,4,8-10H2,1-3H3,(H,28,29)/t11?,17-,21-,22+,23-,24-,25+/m1/s1. The fraction of sp³-hybridized carbons (Fsp3) is 0.560. The van der Waals surface area contributed by atoms with Crippen molar-refractivity contribution in [2.24, 2.45) is 0 Å². The Morgan fingerprint density at radius 3 is 2.42 bits per heavy atom. The van der Waals surface area contributed by atoms with E-state index in [2.05, 4.69) is 0 Å². The Bertz CT molecular complexity index is 1220. The average molecular weight is 541 g/mol. The van der Waals surface area contributed by atoms with E-state index in [1.807, 2.05) is 13.8 Å². The van der Waals surface area contributed by atoms with Crippen molar-refractivity contribution < 1.29 is 58.9 Å². The van der Waals surface area contributed by atoms with Gasteiger partial charge in [0.1, 0.15) is 59.3 Å². The van der Waals surface area contributed by atoms with E-state index in [9.17, 15) is 39.9 Å². The van der Waals surface area contributed by atoms with Gasteiger partial charge < -0.3 is 49.3 Å². The quantitative estimate of drug-likeness (QED) is 0.225. The van der Waals surface area contributed by atoms with Crippen molar-refractivity contribution in [2.45, 2.75) is 82.3 Å². The lowest BCUT2D eigenvalue weighted by atomic mass is 9.98. The summed E-state index contributed by atoms with van der Waals surface area (Å²) in [7, 11) is 0. The van der Waals surface area contributed by atoms with E-state index in [1.165, 1.54) is 12.1 Å². The van der Waals surface area contributed by atoms with Crippen molar-refractivity contribution >= 4 is 22.9 Å². The minimum absolute atomic E-state index is 0.0209. The molecule has 1 saturated heterocycles. The van der Waals surface area contributed by atoms with Gasteiger partial charge in [-0.1, -0.05) is 13.8 Å². The van der Waals surface area contributed by atoms with Crippen LogP contribution in [0.25, 0.3) is 11.0 Å². The summed E-state index contributed by atoms with van der Waals surface area (Å²) in [5, 5.41) is 60.1. The zero-order valence-corrected chi connectivity index (χ0v) is 21.1. The Kier molecular flexibility index (Phi) is 9.00. The lowest BCUT2D eigenvalue weighted by Crippen LogP contribution is -2.60. The van der Waals surface area contributed by atoms with Gasteiger partial charge in [-0.2, -0.15) is 0 Å². The molecule has 210 valence electrons. The summed E-state index contributed by atoms with van der Waals surface area (Å²) < 4.78 is 21.8. The predicted octanol–water partition coefficient (Wildman–Crippen LogP) is 0.358. The number of fused-ring (bicyclic) bond motifs is 1. The van der Waals surface area contributed by atoms with Crippen molar-refractivity contribution in [3.05, 3.63) is 34.2 Å². The molecule has 3 rings (SSSR count). The summed E-state index contributed by atoms with van der Waals surface area (Å²) in [5.41, 5.74) is -2.31. The number of hydrogen-bond donors (Lipinski definition) is 6. The fourth-order valence-corrected chi connectivity index (χ4v) is 3.99. The summed E-state index contributed by atoms with van der Waals surface area (Å²) in [6, 6.07) is 3.69. The Hall–Kier alpha value is -3.23. The van der Waals surface area contributed by atoms with Gasteiger partial charge in [-0.15, -0.1) is 0 Å². The Morgan fingerprint density at radius 2 is 1.79 bits per heavy atom. The van der Waals surface area contributed by atoms with Gasteiger partial charge in [-0.3, -0.25) is 14.4 Å². The number of hydrogen-bond acceptors (Lipinski definition) is 12. The Morgan fingerprint density at radius 1 is 1.11 bits per heavy atom. The summed E-state index contributed by atoms with van der Waals surface area (Å²) >= 11 is 0. The molecule has 0 bridgehead atoms. The highest BCUT2D eigenvalue weighted by atomic mass is 16.7. The minimum Gasteiger partial charge on any atom is -0.507 e. The molecule has 1 aliphatic heterocycles. The van der Waals surface area contributed by atoms with Crippen molar-refractivity contribution in [3.8, 4) is 11.5 Å². The van der Waals surface area contributed by atoms with Crippen LogP contribution in [0.15, 0.2) is 27.4 Å². The number of aliphatic hydroxyl groups excluding tert-OH is 3. The second-order valence-electron chi connectivity index (χ2n) is 9.70. The molecule has 38 heavy (non-hydrogen) atoms. The number of aliphatic carboxylic acids is 1. The van der Waals surface area contributed by atoms with Crippen LogP contribution in [0.2, 0.25) is 0 Å². The van der Waals surface area contributed by atoms with Crippen LogP contribution in [0, 0.1) is 0 Å². The molecule has 0 aliphatic carbocycles. The summed E-state index contributed by atoms with van der Waals surface area (Å²) in [6.07, 6.45) is -8.89. The average Bonchev–Trinajstić information content (AvgIpc) is 2.81. The van der Waals surface area contributed by atoms with Crippen molar-refractivity contribution in [1.29, 1.82) is 0 Å². The summed E-state index contributed by atoms with van der Waals surface area (Å²) in [5.74, 6) is -2.52. The predicted molar refractivity (Wildman–Crippen MR) is 129 cm³/mol. The van der Waals surface area contributed by atoms with E-state index >= 15 is 0 Å². The van der Waals surface area contributed by atoms with Gasteiger partial charge >= 0.3 is 11.9 Å². The number of aromatic hydroxyl groups is 1. The summed E-state index contributed by atoms with van der Waals surface area (Å²) in [6.45, 7) is 4.30. The number of benzene rings is 1. The number of phenols is 1. The number of phenolic OH excluding ortho intramolecular Hbond substituents is 1. The largest absolute Gasteiger partial charge is 0.507 e. The van der Waals surface area contributed by atoms with Crippen molar-refractivity contribution in [2.75, 3.05) is 6.61 Å². The molecule has 7 atom stereocenters. The van der Waals surface area contributed by atoms with Crippen LogP contribution < -0.4 is 10.2 Å². The highest BCUT2D eigenvalue weighted by molar-refractivity contribution is 5.84. The van der Waals surface area contributed by atoms with E-state index < -0.39 is 78.9 Å². The highest BCUT2D eigenvalue weighted by Crippen LogP contribution is 2.33. The van der Waals surface area contributed by atoms with Gasteiger partial charge in [0.05, 0.1) is 18.4 Å². The number of aliphatic hydroxyl groups is 4. The molecular formula is C25H32O13. The third kappa shape index (κ3) is 6.79. The van der Waals surface area contributed by atoms with Gasteiger partial charge in [0.15, 0.2) is 5.43 Å². The highest BCUT2D eigenvalue weighted by Gasteiger charge is 2.45. The van der Waals surface area contributed by atoms with Crippen LogP contribution in [-0.4, -0.2) is 85.5 Å². The first-order valence-corrected chi connectivity index (χ1v) is 12.0. The molecule has 1 fully saturated rings. The molecule has 1 aromatic heterocycles. The number of ether oxygens (including phenoxy) is 3. The normalized spacial score (nSPS) is 25.9. The maximum absolute atomic E-state index is 12.5. The number of carbonyl (C=O) groups is 2. The van der Waals surface area contributed by atoms with Crippen molar-refractivity contribution in [1.82, 2.24) is 0 Å². The number of carboxylic acid groups (broad SMARTS) is 1. The maximum atomic E-state index is 12.5. The van der Waals surface area contributed by atoms with Gasteiger partial charge in [0.25, 0.3) is 0 Å². The first-order valence-electron chi connectivity index (χ1n) is 12.0. The van der Waals surface area contributed by atoms with E-state index in [1.54, 1.807) is 0 Å². The van der Waals surface area contributed by atoms with Gasteiger partial charge in [-0.05, 0) is 13.3 Å². The van der Waals surface area contributed by atoms with Crippen LogP contribution in [0.3, 0.4) is 0 Å².